The molecule has 2 atom stereocenters. The molecule has 0 aliphatic carbocycles. The van der Waals surface area contributed by atoms with Crippen LogP contribution in [0.1, 0.15) is 36.5 Å². The van der Waals surface area contributed by atoms with Gasteiger partial charge in [-0.25, -0.2) is 0 Å². The monoisotopic (exact) mass is 328 g/mol. The molecule has 0 bridgehead atoms. The van der Waals surface area contributed by atoms with Crippen molar-refractivity contribution >= 4 is 0 Å². The van der Waals surface area contributed by atoms with Crippen LogP contribution in [0, 0.1) is 0 Å². The average molecular weight is 328 g/mol. The van der Waals surface area contributed by atoms with E-state index in [9.17, 15) is 15.3 Å². The van der Waals surface area contributed by atoms with Gasteiger partial charge in [-0.1, -0.05) is 13.3 Å². The van der Waals surface area contributed by atoms with Crippen LogP contribution in [-0.4, -0.2) is 51.2 Å². The lowest BCUT2D eigenvalue weighted by atomic mass is 9.95. The van der Waals surface area contributed by atoms with Gasteiger partial charge >= 0.3 is 0 Å². The van der Waals surface area contributed by atoms with Crippen molar-refractivity contribution in [2.75, 3.05) is 13.2 Å². The lowest BCUT2D eigenvalue weighted by Crippen LogP contribution is -2.33. The van der Waals surface area contributed by atoms with E-state index in [1.54, 1.807) is 12.1 Å². The van der Waals surface area contributed by atoms with Crippen molar-refractivity contribution < 1.29 is 25.5 Å². The molecule has 0 amide bonds. The Balaban J connectivity index is 2.98. The summed E-state index contributed by atoms with van der Waals surface area (Å²) >= 11 is 0. The molecule has 132 valence electrons. The lowest BCUT2D eigenvalue weighted by molar-refractivity contribution is 0.0660. The molecule has 0 saturated carbocycles. The number of aliphatic hydroxyl groups is 4. The predicted molar refractivity (Wildman–Crippen MR) is 86.6 cm³/mol. The quantitative estimate of drug-likeness (QED) is 0.274. The highest BCUT2D eigenvalue weighted by Gasteiger charge is 2.13. The summed E-state index contributed by atoms with van der Waals surface area (Å²) in [6, 6.07) is 3.27. The largest absolute Gasteiger partial charge is 0.508 e. The maximum absolute atomic E-state index is 9.91. The van der Waals surface area contributed by atoms with Crippen molar-refractivity contribution in [1.29, 1.82) is 0 Å². The summed E-state index contributed by atoms with van der Waals surface area (Å²) in [5.74, 6) is 0.0934. The summed E-state index contributed by atoms with van der Waals surface area (Å²) in [6.45, 7) is 1.93. The fourth-order valence-electron chi connectivity index (χ4n) is 2.35. The molecule has 2 unspecified atom stereocenters. The molecule has 1 aromatic rings. The van der Waals surface area contributed by atoms with E-state index in [1.165, 1.54) is 0 Å². The van der Waals surface area contributed by atoms with Crippen LogP contribution in [0.2, 0.25) is 0 Å². The minimum Gasteiger partial charge on any atom is -0.508 e. The summed E-state index contributed by atoms with van der Waals surface area (Å²) in [5.41, 5.74) is 2.70. The van der Waals surface area contributed by atoms with Crippen LogP contribution in [0.5, 0.6) is 5.75 Å². The second kappa shape index (κ2) is 10.5. The predicted octanol–water partition coefficient (Wildman–Crippen LogP) is -0.465. The van der Waals surface area contributed by atoms with Crippen LogP contribution < -0.4 is 10.6 Å². The van der Waals surface area contributed by atoms with Gasteiger partial charge in [0.2, 0.25) is 0 Å². The molecule has 7 nitrogen and oxygen atoms in total. The molecule has 23 heavy (non-hydrogen) atoms. The molecule has 7 N–H and O–H groups in total. The Morgan fingerprint density at radius 3 is 1.83 bits per heavy atom. The zero-order valence-corrected chi connectivity index (χ0v) is 13.5. The number of phenols is 1. The number of hydrogen-bond acceptors (Lipinski definition) is 7. The standard InChI is InChI=1S/C16H28N2O5/c1-2-3-4-14-11(7-17-15(22)9-19)5-13(21)6-12(14)8-18-16(23)10-20/h5-6,15-23H,2-4,7-10H2,1H3. The van der Waals surface area contributed by atoms with Gasteiger partial charge in [0.05, 0.1) is 13.2 Å². The number of nitrogens with one attached hydrogen (secondary N) is 2. The second-order valence-electron chi connectivity index (χ2n) is 5.50. The third kappa shape index (κ3) is 6.82. The number of aromatic hydroxyl groups is 1. The van der Waals surface area contributed by atoms with Crippen LogP contribution >= 0.6 is 0 Å². The maximum Gasteiger partial charge on any atom is 0.128 e. The van der Waals surface area contributed by atoms with Crippen molar-refractivity contribution in [2.45, 2.75) is 51.7 Å². The number of hydrogen-bond donors (Lipinski definition) is 7. The third-order valence-electron chi connectivity index (χ3n) is 3.60. The van der Waals surface area contributed by atoms with E-state index in [0.717, 1.165) is 36.0 Å². The van der Waals surface area contributed by atoms with Gasteiger partial charge in [0.25, 0.3) is 0 Å². The van der Waals surface area contributed by atoms with Gasteiger partial charge < -0.3 is 25.5 Å². The van der Waals surface area contributed by atoms with Crippen LogP contribution in [0.25, 0.3) is 0 Å². The summed E-state index contributed by atoms with van der Waals surface area (Å²) in [6.07, 6.45) is 0.743. The van der Waals surface area contributed by atoms with Gasteiger partial charge in [-0.2, -0.15) is 0 Å². The molecular weight excluding hydrogens is 300 g/mol. The fraction of sp³-hybridized carbons (Fsp3) is 0.625. The second-order valence-corrected chi connectivity index (χ2v) is 5.50. The molecule has 7 heteroatoms. The van der Waals surface area contributed by atoms with E-state index < -0.39 is 12.5 Å². The van der Waals surface area contributed by atoms with Crippen LogP contribution in [0.4, 0.5) is 0 Å². The molecule has 0 heterocycles. The van der Waals surface area contributed by atoms with Crippen molar-refractivity contribution in [3.8, 4) is 5.75 Å². The smallest absolute Gasteiger partial charge is 0.128 e. The lowest BCUT2D eigenvalue weighted by Gasteiger charge is -2.19. The summed E-state index contributed by atoms with van der Waals surface area (Å²) in [5, 5.41) is 52.1. The van der Waals surface area contributed by atoms with Gasteiger partial charge in [0, 0.05) is 13.1 Å². The Labute approximate surface area is 136 Å². The number of aliphatic hydroxyl groups excluding tert-OH is 4. The Bertz CT molecular complexity index is 435. The zero-order valence-electron chi connectivity index (χ0n) is 13.5. The molecule has 0 fully saturated rings. The summed E-state index contributed by atoms with van der Waals surface area (Å²) in [4.78, 5) is 0. The minimum absolute atomic E-state index is 0.0934. The van der Waals surface area contributed by atoms with E-state index in [-0.39, 0.29) is 19.0 Å². The first kappa shape index (κ1) is 19.8. The molecule has 0 spiro atoms. The van der Waals surface area contributed by atoms with Crippen LogP contribution in [0.3, 0.4) is 0 Å². The van der Waals surface area contributed by atoms with Crippen molar-refractivity contribution in [1.82, 2.24) is 10.6 Å². The highest BCUT2D eigenvalue weighted by Crippen LogP contribution is 2.24. The summed E-state index contributed by atoms with van der Waals surface area (Å²) in [7, 11) is 0. The van der Waals surface area contributed by atoms with E-state index in [1.807, 2.05) is 0 Å². The number of benzene rings is 1. The van der Waals surface area contributed by atoms with Crippen LogP contribution in [0.15, 0.2) is 12.1 Å². The fourth-order valence-corrected chi connectivity index (χ4v) is 2.35. The van der Waals surface area contributed by atoms with E-state index >= 15 is 0 Å². The first-order valence-electron chi connectivity index (χ1n) is 7.90. The van der Waals surface area contributed by atoms with E-state index in [0.29, 0.717) is 13.1 Å². The van der Waals surface area contributed by atoms with Gasteiger partial charge in [0.1, 0.15) is 18.2 Å². The average Bonchev–Trinajstić information content (AvgIpc) is 2.56. The Morgan fingerprint density at radius 2 is 1.43 bits per heavy atom. The molecule has 1 aromatic carbocycles. The molecular formula is C16H28N2O5. The zero-order chi connectivity index (χ0) is 17.2. The maximum atomic E-state index is 9.91. The minimum atomic E-state index is -1.02. The first-order chi connectivity index (χ1) is 11.0. The molecule has 0 aromatic heterocycles. The Morgan fingerprint density at radius 1 is 0.957 bits per heavy atom. The van der Waals surface area contributed by atoms with Gasteiger partial charge in [-0.3, -0.25) is 10.6 Å². The van der Waals surface area contributed by atoms with Gasteiger partial charge in [0.15, 0.2) is 0 Å². The topological polar surface area (TPSA) is 125 Å². The van der Waals surface area contributed by atoms with Gasteiger partial charge in [-0.15, -0.1) is 0 Å². The van der Waals surface area contributed by atoms with Gasteiger partial charge in [-0.05, 0) is 41.7 Å². The molecule has 0 aliphatic rings. The normalized spacial score (nSPS) is 14.0. The Kier molecular flexibility index (Phi) is 9.08. The summed E-state index contributed by atoms with van der Waals surface area (Å²) < 4.78 is 0. The van der Waals surface area contributed by atoms with E-state index in [2.05, 4.69) is 17.6 Å². The van der Waals surface area contributed by atoms with Crippen molar-refractivity contribution in [3.05, 3.63) is 28.8 Å². The highest BCUT2D eigenvalue weighted by molar-refractivity contribution is 5.42. The van der Waals surface area contributed by atoms with Crippen molar-refractivity contribution in [2.24, 2.45) is 0 Å². The molecule has 1 rings (SSSR count). The third-order valence-corrected chi connectivity index (χ3v) is 3.60. The van der Waals surface area contributed by atoms with E-state index in [4.69, 9.17) is 10.2 Å². The van der Waals surface area contributed by atoms with Crippen LogP contribution in [-0.2, 0) is 19.5 Å². The van der Waals surface area contributed by atoms with Crippen molar-refractivity contribution in [3.63, 3.8) is 0 Å². The highest BCUT2D eigenvalue weighted by atomic mass is 16.3. The molecule has 0 aliphatic heterocycles. The SMILES string of the molecule is CCCCc1c(CNC(O)CO)cc(O)cc1CNC(O)CO. The Hall–Kier alpha value is -1.22. The molecule has 0 radical (unpaired) electrons. The number of phenolic OH excluding ortho intramolecular Hbond substituents is 1. The number of unbranched alkanes of at least 4 members (excludes halogenated alkanes) is 1. The first-order valence-corrected chi connectivity index (χ1v) is 7.90. The molecule has 0 saturated heterocycles. The number of rotatable bonds is 11.